The Bertz CT molecular complexity index is 2310. The van der Waals surface area contributed by atoms with Gasteiger partial charge in [0.25, 0.3) is 0 Å². The van der Waals surface area contributed by atoms with Crippen molar-refractivity contribution in [2.75, 3.05) is 14.2 Å². The van der Waals surface area contributed by atoms with Gasteiger partial charge in [-0.05, 0) is 78.8 Å². The van der Waals surface area contributed by atoms with Crippen LogP contribution in [0, 0.1) is 0 Å². The number of hydrogen-bond acceptors (Lipinski definition) is 4. The van der Waals surface area contributed by atoms with Crippen molar-refractivity contribution in [1.82, 2.24) is 0 Å². The fourth-order valence-electron chi connectivity index (χ4n) is 7.29. The Morgan fingerprint density at radius 2 is 0.925 bits per heavy atom. The first-order valence-corrected chi connectivity index (χ1v) is 13.3. The van der Waals surface area contributed by atoms with E-state index in [1.807, 2.05) is 48.5 Å². The average molecular weight is 517 g/mol. The molecule has 0 saturated carbocycles. The lowest BCUT2D eigenvalue weighted by Gasteiger charge is -2.26. The van der Waals surface area contributed by atoms with E-state index in [-0.39, 0.29) is 11.6 Å². The molecule has 0 fully saturated rings. The number of ketones is 2. The molecule has 0 radical (unpaired) electrons. The van der Waals surface area contributed by atoms with Crippen LogP contribution in [0.5, 0.6) is 11.5 Å². The number of methoxy groups -OCH3 is 2. The Labute approximate surface area is 228 Å². The summed E-state index contributed by atoms with van der Waals surface area (Å²) in [4.78, 5) is 27.6. The normalized spacial score (nSPS) is 13.3. The summed E-state index contributed by atoms with van der Waals surface area (Å²) in [7, 11) is 3.15. The van der Waals surface area contributed by atoms with Gasteiger partial charge in [0.2, 0.25) is 0 Å². The molecule has 0 saturated heterocycles. The Hall–Kier alpha value is -5.22. The van der Waals surface area contributed by atoms with Crippen LogP contribution in [0.1, 0.15) is 31.8 Å². The molecule has 2 aliphatic rings. The average Bonchev–Trinajstić information content (AvgIpc) is 3.01. The quantitative estimate of drug-likeness (QED) is 0.172. The number of fused-ring (bicyclic) bond motifs is 6. The van der Waals surface area contributed by atoms with Gasteiger partial charge < -0.3 is 9.47 Å². The molecule has 4 nitrogen and oxygen atoms in total. The summed E-state index contributed by atoms with van der Waals surface area (Å²) < 4.78 is 11.2. The molecular weight excluding hydrogens is 496 g/mol. The Kier molecular flexibility index (Phi) is 3.93. The Balaban J connectivity index is 1.46. The van der Waals surface area contributed by atoms with Crippen LogP contribution in [0.15, 0.2) is 84.9 Å². The lowest BCUT2D eigenvalue weighted by atomic mass is 9.76. The van der Waals surface area contributed by atoms with Crippen molar-refractivity contribution in [3.8, 4) is 33.8 Å². The maximum absolute atomic E-state index is 14.0. The fourth-order valence-corrected chi connectivity index (χ4v) is 7.29. The van der Waals surface area contributed by atoms with Gasteiger partial charge in [0.15, 0.2) is 23.1 Å². The van der Waals surface area contributed by atoms with Crippen LogP contribution in [-0.4, -0.2) is 25.8 Å². The van der Waals surface area contributed by atoms with Crippen LogP contribution in [-0.2, 0) is 0 Å². The first kappa shape index (κ1) is 21.7. The first-order chi connectivity index (χ1) is 19.6. The zero-order valence-corrected chi connectivity index (χ0v) is 21.7. The minimum atomic E-state index is -0.0693. The maximum atomic E-state index is 14.0. The molecule has 0 heterocycles. The minimum Gasteiger partial charge on any atom is -0.493 e. The predicted octanol–water partition coefficient (Wildman–Crippen LogP) is 8.18. The molecule has 2 aliphatic carbocycles. The Morgan fingerprint density at radius 3 is 1.50 bits per heavy atom. The van der Waals surface area contributed by atoms with E-state index in [1.54, 1.807) is 14.2 Å². The smallest absolute Gasteiger partial charge is 0.198 e. The number of hydrogen-bond donors (Lipinski definition) is 0. The van der Waals surface area contributed by atoms with Crippen molar-refractivity contribution in [2.45, 2.75) is 0 Å². The number of benzene rings is 7. The van der Waals surface area contributed by atoms with Gasteiger partial charge in [-0.3, -0.25) is 9.59 Å². The van der Waals surface area contributed by atoms with Crippen LogP contribution in [0.25, 0.3) is 65.3 Å². The molecule has 0 bridgehead atoms. The third-order valence-corrected chi connectivity index (χ3v) is 8.92. The van der Waals surface area contributed by atoms with Crippen LogP contribution in [0.2, 0.25) is 0 Å². The minimum absolute atomic E-state index is 0.0643. The largest absolute Gasteiger partial charge is 0.493 e. The number of rotatable bonds is 2. The highest BCUT2D eigenvalue weighted by atomic mass is 16.5. The summed E-state index contributed by atoms with van der Waals surface area (Å²) >= 11 is 0. The van der Waals surface area contributed by atoms with Crippen molar-refractivity contribution in [2.24, 2.45) is 0 Å². The third-order valence-electron chi connectivity index (χ3n) is 8.92. The molecule has 188 valence electrons. The van der Waals surface area contributed by atoms with E-state index < -0.39 is 0 Å². The van der Waals surface area contributed by atoms with E-state index in [0.717, 1.165) is 76.5 Å². The van der Waals surface area contributed by atoms with Crippen LogP contribution in [0.3, 0.4) is 0 Å². The molecule has 0 aromatic heterocycles. The van der Waals surface area contributed by atoms with Crippen molar-refractivity contribution < 1.29 is 19.1 Å². The second-order valence-corrected chi connectivity index (χ2v) is 10.6. The summed E-state index contributed by atoms with van der Waals surface area (Å²) in [6, 6.07) is 28.3. The van der Waals surface area contributed by atoms with E-state index in [0.29, 0.717) is 22.6 Å². The highest BCUT2D eigenvalue weighted by Crippen LogP contribution is 2.52. The zero-order valence-electron chi connectivity index (χ0n) is 21.7. The maximum Gasteiger partial charge on any atom is 0.198 e. The number of ether oxygens (including phenoxy) is 2. The molecule has 0 aliphatic heterocycles. The van der Waals surface area contributed by atoms with Gasteiger partial charge in [0.05, 0.1) is 19.8 Å². The molecule has 0 unspecified atom stereocenters. The lowest BCUT2D eigenvalue weighted by Crippen LogP contribution is -2.13. The monoisotopic (exact) mass is 516 g/mol. The van der Waals surface area contributed by atoms with E-state index in [1.165, 1.54) is 0 Å². The molecule has 40 heavy (non-hydrogen) atoms. The summed E-state index contributed by atoms with van der Waals surface area (Å²) in [6.45, 7) is 0. The van der Waals surface area contributed by atoms with Crippen LogP contribution in [0.4, 0.5) is 0 Å². The van der Waals surface area contributed by atoms with Crippen molar-refractivity contribution in [3.63, 3.8) is 0 Å². The molecule has 4 heteroatoms. The summed E-state index contributed by atoms with van der Waals surface area (Å²) in [5.74, 6) is 0.988. The highest BCUT2D eigenvalue weighted by molar-refractivity contribution is 6.41. The standard InChI is InChI=1S/C36H20O4/c1-39-28-16-15-24-23-10-9-20-21-11-13-26-31-18(17-5-3-4-6-25(17)34(26)37)7-8-19(29(21)31)22-12-14-27(32(23)30(20)22)35(38)33(24)36(28)40-2/h3-16H,1-2H3. The van der Waals surface area contributed by atoms with Crippen molar-refractivity contribution >= 4 is 54.7 Å². The fraction of sp³-hybridized carbons (Fsp3) is 0.0556. The molecule has 0 N–H and O–H groups in total. The first-order valence-electron chi connectivity index (χ1n) is 13.3. The second-order valence-electron chi connectivity index (χ2n) is 10.6. The molecule has 7 aromatic carbocycles. The Morgan fingerprint density at radius 1 is 0.425 bits per heavy atom. The van der Waals surface area contributed by atoms with Crippen molar-refractivity contribution in [3.05, 3.63) is 107 Å². The zero-order chi connectivity index (χ0) is 26.9. The van der Waals surface area contributed by atoms with E-state index >= 15 is 0 Å². The van der Waals surface area contributed by atoms with Gasteiger partial charge in [-0.2, -0.15) is 0 Å². The van der Waals surface area contributed by atoms with Crippen LogP contribution < -0.4 is 9.47 Å². The van der Waals surface area contributed by atoms with Gasteiger partial charge in [-0.15, -0.1) is 0 Å². The van der Waals surface area contributed by atoms with Crippen molar-refractivity contribution in [1.29, 1.82) is 0 Å². The van der Waals surface area contributed by atoms with Gasteiger partial charge in [-0.1, -0.05) is 60.7 Å². The van der Waals surface area contributed by atoms with Gasteiger partial charge in [0.1, 0.15) is 0 Å². The molecule has 0 atom stereocenters. The van der Waals surface area contributed by atoms with Gasteiger partial charge in [-0.25, -0.2) is 0 Å². The van der Waals surface area contributed by atoms with E-state index in [9.17, 15) is 9.59 Å². The number of carbonyl (C=O) groups is 2. The SMILES string of the molecule is COc1ccc2c(c1OC)C(=O)c1ccc3c4ccc5c6c(ccc(c7ccc-2c1c37)c64)C(=O)c1ccccc1-5. The molecule has 0 spiro atoms. The van der Waals surface area contributed by atoms with Gasteiger partial charge in [0, 0.05) is 27.5 Å². The summed E-state index contributed by atoms with van der Waals surface area (Å²) in [5.41, 5.74) is 6.60. The molecule has 7 aromatic rings. The van der Waals surface area contributed by atoms with Gasteiger partial charge >= 0.3 is 0 Å². The molecular formula is C36H20O4. The van der Waals surface area contributed by atoms with E-state index in [2.05, 4.69) is 36.4 Å². The highest BCUT2D eigenvalue weighted by Gasteiger charge is 2.33. The van der Waals surface area contributed by atoms with E-state index in [4.69, 9.17) is 9.47 Å². The topological polar surface area (TPSA) is 52.6 Å². The number of carbonyl (C=O) groups excluding carboxylic acids is 2. The summed E-state index contributed by atoms with van der Waals surface area (Å²) in [5, 5.41) is 8.47. The third kappa shape index (κ3) is 2.35. The van der Waals surface area contributed by atoms with Crippen LogP contribution >= 0.6 is 0 Å². The lowest BCUT2D eigenvalue weighted by molar-refractivity contribution is 0.103. The summed E-state index contributed by atoms with van der Waals surface area (Å²) in [6.07, 6.45) is 0. The second kappa shape index (κ2) is 7.25. The molecule has 0 amide bonds. The molecule has 9 rings (SSSR count). The predicted molar refractivity (Wildman–Crippen MR) is 158 cm³/mol.